The van der Waals surface area contributed by atoms with E-state index in [9.17, 15) is 0 Å². The highest BCUT2D eigenvalue weighted by molar-refractivity contribution is 9.09. The summed E-state index contributed by atoms with van der Waals surface area (Å²) in [6, 6.07) is 0. The fraction of sp³-hybridized carbons (Fsp3) is 0.667. The van der Waals surface area contributed by atoms with Crippen molar-refractivity contribution in [2.24, 2.45) is 0 Å². The molecule has 0 N–H and O–H groups in total. The van der Waals surface area contributed by atoms with Crippen LogP contribution in [-0.2, 0) is 9.47 Å². The first-order valence-corrected chi connectivity index (χ1v) is 9.40. The maximum atomic E-state index is 5.36. The largest absolute Gasteiger partial charge is 0.372 e. The third kappa shape index (κ3) is 4.91. The van der Waals surface area contributed by atoms with E-state index < -0.39 is 0 Å². The molecule has 2 rings (SSSR count). The quantitative estimate of drug-likeness (QED) is 0.347. The number of epoxide rings is 2. The van der Waals surface area contributed by atoms with Crippen molar-refractivity contribution in [3.8, 4) is 0 Å². The summed E-state index contributed by atoms with van der Waals surface area (Å²) < 4.78 is 10.7. The summed E-state index contributed by atoms with van der Waals surface area (Å²) in [4.78, 5) is 0. The Balaban J connectivity index is 1.65. The summed E-state index contributed by atoms with van der Waals surface area (Å²) in [5.41, 5.74) is 0. The molecule has 4 atom stereocenters. The maximum absolute atomic E-state index is 5.36. The SMILES string of the molecule is C=CCC(SSSC(CC=C)C1CO1)C1CO1. The van der Waals surface area contributed by atoms with E-state index in [-0.39, 0.29) is 0 Å². The topological polar surface area (TPSA) is 25.1 Å². The van der Waals surface area contributed by atoms with E-state index in [2.05, 4.69) is 13.2 Å². The average molecular weight is 290 g/mol. The molecule has 96 valence electrons. The molecule has 0 saturated carbocycles. The Morgan fingerprint density at radius 2 is 1.41 bits per heavy atom. The Kier molecular flexibility index (Phi) is 5.83. The van der Waals surface area contributed by atoms with Gasteiger partial charge in [0.05, 0.1) is 25.4 Å². The van der Waals surface area contributed by atoms with Gasteiger partial charge in [-0.25, -0.2) is 0 Å². The third-order valence-electron chi connectivity index (χ3n) is 2.67. The molecule has 0 spiro atoms. The van der Waals surface area contributed by atoms with Gasteiger partial charge in [-0.05, 0) is 22.7 Å². The lowest BCUT2D eigenvalue weighted by atomic mass is 10.2. The van der Waals surface area contributed by atoms with Crippen LogP contribution in [0.4, 0.5) is 0 Å². The van der Waals surface area contributed by atoms with Crippen LogP contribution in [0.5, 0.6) is 0 Å². The zero-order chi connectivity index (χ0) is 12.1. The minimum absolute atomic E-state index is 0.445. The van der Waals surface area contributed by atoms with Crippen LogP contribution in [0.2, 0.25) is 0 Å². The molecule has 0 aromatic heterocycles. The Morgan fingerprint density at radius 1 is 1.00 bits per heavy atom. The Morgan fingerprint density at radius 3 is 1.71 bits per heavy atom. The highest BCUT2D eigenvalue weighted by atomic mass is 33.5. The first-order chi connectivity index (χ1) is 8.35. The zero-order valence-corrected chi connectivity index (χ0v) is 12.2. The third-order valence-corrected chi connectivity index (χ3v) is 7.68. The minimum Gasteiger partial charge on any atom is -0.372 e. The van der Waals surface area contributed by atoms with Gasteiger partial charge in [0, 0.05) is 10.5 Å². The fourth-order valence-corrected chi connectivity index (χ4v) is 6.92. The lowest BCUT2D eigenvalue weighted by molar-refractivity contribution is 0.403. The van der Waals surface area contributed by atoms with Crippen LogP contribution in [0.25, 0.3) is 0 Å². The normalized spacial score (nSPS) is 29.4. The summed E-state index contributed by atoms with van der Waals surface area (Å²) in [6.07, 6.45) is 6.90. The van der Waals surface area contributed by atoms with Crippen molar-refractivity contribution in [1.29, 1.82) is 0 Å². The molecule has 5 heteroatoms. The highest BCUT2D eigenvalue weighted by Gasteiger charge is 2.35. The van der Waals surface area contributed by atoms with Crippen LogP contribution in [0, 0.1) is 0 Å². The lowest BCUT2D eigenvalue weighted by Gasteiger charge is -2.14. The van der Waals surface area contributed by atoms with Crippen molar-refractivity contribution >= 4 is 31.4 Å². The summed E-state index contributed by atoms with van der Waals surface area (Å²) in [5.74, 6) is 0. The van der Waals surface area contributed by atoms with Crippen LogP contribution in [0.3, 0.4) is 0 Å². The second-order valence-corrected chi connectivity index (χ2v) is 8.65. The van der Waals surface area contributed by atoms with E-state index in [4.69, 9.17) is 9.47 Å². The molecule has 4 unspecified atom stereocenters. The first kappa shape index (κ1) is 13.9. The highest BCUT2D eigenvalue weighted by Crippen LogP contribution is 2.47. The number of hydrogen-bond donors (Lipinski definition) is 0. The Hall–Kier alpha value is 0.450. The van der Waals surface area contributed by atoms with Gasteiger partial charge in [-0.1, -0.05) is 33.7 Å². The predicted molar refractivity (Wildman–Crippen MR) is 79.5 cm³/mol. The van der Waals surface area contributed by atoms with E-state index in [1.54, 1.807) is 0 Å². The molecule has 2 fully saturated rings. The van der Waals surface area contributed by atoms with Gasteiger partial charge < -0.3 is 9.47 Å². The molecule has 0 aromatic carbocycles. The smallest absolute Gasteiger partial charge is 0.0939 e. The Bertz CT molecular complexity index is 238. The molecular weight excluding hydrogens is 272 g/mol. The van der Waals surface area contributed by atoms with E-state index in [0.717, 1.165) is 26.1 Å². The van der Waals surface area contributed by atoms with Gasteiger partial charge >= 0.3 is 0 Å². The second-order valence-electron chi connectivity index (χ2n) is 4.13. The Labute approximate surface area is 115 Å². The van der Waals surface area contributed by atoms with E-state index in [1.807, 2.05) is 43.6 Å². The van der Waals surface area contributed by atoms with Gasteiger partial charge in [0.2, 0.25) is 0 Å². The van der Waals surface area contributed by atoms with E-state index in [0.29, 0.717) is 22.7 Å². The number of hydrogen-bond acceptors (Lipinski definition) is 5. The average Bonchev–Trinajstić information content (AvgIpc) is 3.19. The fourth-order valence-electron chi connectivity index (χ4n) is 1.50. The summed E-state index contributed by atoms with van der Waals surface area (Å²) in [6.45, 7) is 9.44. The van der Waals surface area contributed by atoms with Gasteiger partial charge in [-0.15, -0.1) is 13.2 Å². The molecule has 0 amide bonds. The first-order valence-electron chi connectivity index (χ1n) is 5.79. The van der Waals surface area contributed by atoms with Crippen LogP contribution in [-0.4, -0.2) is 35.9 Å². The molecule has 2 aliphatic rings. The van der Waals surface area contributed by atoms with Crippen molar-refractivity contribution in [3.05, 3.63) is 25.3 Å². The van der Waals surface area contributed by atoms with Crippen LogP contribution >= 0.6 is 31.4 Å². The molecule has 2 saturated heterocycles. The van der Waals surface area contributed by atoms with Gasteiger partial charge in [0.25, 0.3) is 0 Å². The van der Waals surface area contributed by atoms with Gasteiger partial charge in [-0.3, -0.25) is 0 Å². The van der Waals surface area contributed by atoms with Crippen LogP contribution < -0.4 is 0 Å². The molecule has 2 heterocycles. The molecular formula is C12H18O2S3. The van der Waals surface area contributed by atoms with Crippen molar-refractivity contribution in [2.75, 3.05) is 13.2 Å². The molecule has 0 aromatic rings. The monoisotopic (exact) mass is 290 g/mol. The van der Waals surface area contributed by atoms with Gasteiger partial charge in [-0.2, -0.15) is 0 Å². The summed E-state index contributed by atoms with van der Waals surface area (Å²) >= 11 is 0. The molecule has 17 heavy (non-hydrogen) atoms. The van der Waals surface area contributed by atoms with Crippen LogP contribution in [0.1, 0.15) is 12.8 Å². The summed E-state index contributed by atoms with van der Waals surface area (Å²) in [5, 5.41) is 1.10. The van der Waals surface area contributed by atoms with Crippen LogP contribution in [0.15, 0.2) is 25.3 Å². The summed E-state index contributed by atoms with van der Waals surface area (Å²) in [7, 11) is 5.68. The molecule has 2 nitrogen and oxygen atoms in total. The van der Waals surface area contributed by atoms with Crippen molar-refractivity contribution in [3.63, 3.8) is 0 Å². The maximum Gasteiger partial charge on any atom is 0.0939 e. The van der Waals surface area contributed by atoms with E-state index >= 15 is 0 Å². The molecule has 0 bridgehead atoms. The number of rotatable bonds is 10. The van der Waals surface area contributed by atoms with E-state index in [1.165, 1.54) is 0 Å². The molecule has 2 aliphatic heterocycles. The lowest BCUT2D eigenvalue weighted by Crippen LogP contribution is -2.10. The van der Waals surface area contributed by atoms with Crippen molar-refractivity contribution < 1.29 is 9.47 Å². The minimum atomic E-state index is 0.445. The van der Waals surface area contributed by atoms with Crippen molar-refractivity contribution in [2.45, 2.75) is 35.5 Å². The standard InChI is InChI=1S/C12H18O2S3/c1-3-5-11(9-7-13-9)15-17-16-12(6-4-2)10-8-14-10/h3-4,9-12H,1-2,5-8H2. The molecule has 0 aliphatic carbocycles. The second kappa shape index (κ2) is 7.14. The zero-order valence-electron chi connectivity index (χ0n) is 9.75. The number of allylic oxidation sites excluding steroid dienone is 2. The predicted octanol–water partition coefficient (Wildman–Crippen LogP) is 3.70. The number of ether oxygens (including phenoxy) is 2. The van der Waals surface area contributed by atoms with Crippen molar-refractivity contribution in [1.82, 2.24) is 0 Å². The van der Waals surface area contributed by atoms with Gasteiger partial charge in [0.1, 0.15) is 0 Å². The van der Waals surface area contributed by atoms with Gasteiger partial charge in [0.15, 0.2) is 0 Å². The molecule has 0 radical (unpaired) electrons.